The SMILES string of the molecule is COc1ccc(C)cc1CN(C)C(=O)[C@H](NC(C)=O)C(C)C. The predicted molar refractivity (Wildman–Crippen MR) is 86.6 cm³/mol. The lowest BCUT2D eigenvalue weighted by Crippen LogP contribution is -2.49. The van der Waals surface area contributed by atoms with Crippen LogP contribution in [-0.4, -0.2) is 36.9 Å². The van der Waals surface area contributed by atoms with Gasteiger partial charge in [0.25, 0.3) is 0 Å². The highest BCUT2D eigenvalue weighted by Gasteiger charge is 2.26. The minimum Gasteiger partial charge on any atom is -0.496 e. The summed E-state index contributed by atoms with van der Waals surface area (Å²) in [6, 6.07) is 5.36. The summed E-state index contributed by atoms with van der Waals surface area (Å²) >= 11 is 0. The van der Waals surface area contributed by atoms with E-state index in [-0.39, 0.29) is 17.7 Å². The van der Waals surface area contributed by atoms with E-state index < -0.39 is 6.04 Å². The van der Waals surface area contributed by atoms with Crippen LogP contribution in [0, 0.1) is 12.8 Å². The highest BCUT2D eigenvalue weighted by Crippen LogP contribution is 2.21. The molecule has 5 heteroatoms. The maximum atomic E-state index is 12.6. The molecule has 0 aliphatic heterocycles. The van der Waals surface area contributed by atoms with E-state index in [0.717, 1.165) is 16.9 Å². The second kappa shape index (κ2) is 7.82. The zero-order valence-corrected chi connectivity index (χ0v) is 14.3. The van der Waals surface area contributed by atoms with Crippen molar-refractivity contribution in [2.24, 2.45) is 5.92 Å². The largest absolute Gasteiger partial charge is 0.496 e. The zero-order valence-electron chi connectivity index (χ0n) is 14.3. The summed E-state index contributed by atoms with van der Waals surface area (Å²) in [4.78, 5) is 25.5. The Morgan fingerprint density at radius 3 is 2.45 bits per heavy atom. The molecule has 0 aromatic heterocycles. The number of ether oxygens (including phenoxy) is 1. The van der Waals surface area contributed by atoms with Gasteiger partial charge in [-0.2, -0.15) is 0 Å². The molecule has 0 aliphatic carbocycles. The normalized spacial score (nSPS) is 12.0. The van der Waals surface area contributed by atoms with Crippen molar-refractivity contribution >= 4 is 11.8 Å². The lowest BCUT2D eigenvalue weighted by atomic mass is 10.0. The molecule has 0 saturated carbocycles. The Morgan fingerprint density at radius 1 is 1.32 bits per heavy atom. The summed E-state index contributed by atoms with van der Waals surface area (Å²) in [5, 5.41) is 2.72. The minimum atomic E-state index is -0.515. The molecule has 1 atom stereocenters. The third-order valence-electron chi connectivity index (χ3n) is 3.51. The van der Waals surface area contributed by atoms with E-state index in [2.05, 4.69) is 5.32 Å². The maximum absolute atomic E-state index is 12.6. The van der Waals surface area contributed by atoms with Crippen LogP contribution in [0.5, 0.6) is 5.75 Å². The second-order valence-electron chi connectivity index (χ2n) is 5.93. The maximum Gasteiger partial charge on any atom is 0.245 e. The number of rotatable bonds is 6. The number of methoxy groups -OCH3 is 1. The average Bonchev–Trinajstić information content (AvgIpc) is 2.43. The fraction of sp³-hybridized carbons (Fsp3) is 0.529. The van der Waals surface area contributed by atoms with Gasteiger partial charge in [0.05, 0.1) is 7.11 Å². The van der Waals surface area contributed by atoms with E-state index in [9.17, 15) is 9.59 Å². The van der Waals surface area contributed by atoms with Gasteiger partial charge in [-0.05, 0) is 18.9 Å². The summed E-state index contributed by atoms with van der Waals surface area (Å²) in [7, 11) is 3.35. The molecule has 0 spiro atoms. The molecule has 1 N–H and O–H groups in total. The molecule has 22 heavy (non-hydrogen) atoms. The minimum absolute atomic E-state index is 0.0262. The van der Waals surface area contributed by atoms with Crippen molar-refractivity contribution in [3.63, 3.8) is 0 Å². The van der Waals surface area contributed by atoms with Crippen molar-refractivity contribution in [3.05, 3.63) is 29.3 Å². The van der Waals surface area contributed by atoms with Gasteiger partial charge < -0.3 is 15.0 Å². The molecule has 5 nitrogen and oxygen atoms in total. The number of hydrogen-bond donors (Lipinski definition) is 1. The van der Waals surface area contributed by atoms with E-state index in [0.29, 0.717) is 6.54 Å². The Morgan fingerprint density at radius 2 is 1.95 bits per heavy atom. The van der Waals surface area contributed by atoms with Crippen LogP contribution in [0.4, 0.5) is 0 Å². The van der Waals surface area contributed by atoms with Crippen LogP contribution in [0.2, 0.25) is 0 Å². The Labute approximate surface area is 132 Å². The Balaban J connectivity index is 2.91. The van der Waals surface area contributed by atoms with E-state index in [1.165, 1.54) is 6.92 Å². The fourth-order valence-corrected chi connectivity index (χ4v) is 2.33. The van der Waals surface area contributed by atoms with E-state index in [4.69, 9.17) is 4.74 Å². The van der Waals surface area contributed by atoms with Gasteiger partial charge in [0.2, 0.25) is 11.8 Å². The van der Waals surface area contributed by atoms with Crippen molar-refractivity contribution in [1.82, 2.24) is 10.2 Å². The number of aryl methyl sites for hydroxylation is 1. The van der Waals surface area contributed by atoms with Gasteiger partial charge in [-0.25, -0.2) is 0 Å². The molecule has 0 aliphatic rings. The molecular weight excluding hydrogens is 280 g/mol. The Bertz CT molecular complexity index is 541. The molecule has 1 aromatic carbocycles. The standard InChI is InChI=1S/C17H26N2O3/c1-11(2)16(18-13(4)20)17(21)19(5)10-14-9-12(3)7-8-15(14)22-6/h7-9,11,16H,10H2,1-6H3,(H,18,20)/t16-/m1/s1. The smallest absolute Gasteiger partial charge is 0.245 e. The van der Waals surface area contributed by atoms with Gasteiger partial charge in [0.1, 0.15) is 11.8 Å². The molecule has 0 heterocycles. The number of benzene rings is 1. The van der Waals surface area contributed by atoms with Crippen molar-refractivity contribution < 1.29 is 14.3 Å². The molecule has 2 amide bonds. The third kappa shape index (κ3) is 4.76. The number of nitrogens with zero attached hydrogens (tertiary/aromatic N) is 1. The molecule has 0 bridgehead atoms. The molecule has 122 valence electrons. The number of hydrogen-bond acceptors (Lipinski definition) is 3. The third-order valence-corrected chi connectivity index (χ3v) is 3.51. The van der Waals surface area contributed by atoms with Crippen molar-refractivity contribution in [2.75, 3.05) is 14.2 Å². The second-order valence-corrected chi connectivity index (χ2v) is 5.93. The lowest BCUT2D eigenvalue weighted by Gasteiger charge is -2.27. The van der Waals surface area contributed by atoms with Gasteiger partial charge in [0.15, 0.2) is 0 Å². The van der Waals surface area contributed by atoms with E-state index in [1.54, 1.807) is 19.1 Å². The number of nitrogens with one attached hydrogen (secondary N) is 1. The quantitative estimate of drug-likeness (QED) is 0.876. The van der Waals surface area contributed by atoms with Gasteiger partial charge >= 0.3 is 0 Å². The number of amides is 2. The Kier molecular flexibility index (Phi) is 6.40. The number of carbonyl (C=O) groups excluding carboxylic acids is 2. The summed E-state index contributed by atoms with van der Waals surface area (Å²) in [6.45, 7) is 7.69. The molecule has 0 saturated heterocycles. The topological polar surface area (TPSA) is 58.6 Å². The first kappa shape index (κ1) is 18.0. The molecule has 0 unspecified atom stereocenters. The van der Waals surface area contributed by atoms with E-state index in [1.807, 2.05) is 39.0 Å². The number of carbonyl (C=O) groups is 2. The molecular formula is C17H26N2O3. The van der Waals surface area contributed by atoms with Crippen LogP contribution in [0.3, 0.4) is 0 Å². The highest BCUT2D eigenvalue weighted by atomic mass is 16.5. The van der Waals surface area contributed by atoms with Gasteiger partial charge in [-0.3, -0.25) is 9.59 Å². The first-order valence-corrected chi connectivity index (χ1v) is 7.41. The average molecular weight is 306 g/mol. The van der Waals surface area contributed by atoms with Crippen LogP contribution in [0.25, 0.3) is 0 Å². The predicted octanol–water partition coefficient (Wildman–Crippen LogP) is 2.12. The lowest BCUT2D eigenvalue weighted by molar-refractivity contribution is -0.136. The van der Waals surface area contributed by atoms with Crippen LogP contribution >= 0.6 is 0 Å². The number of likely N-dealkylation sites (N-methyl/N-ethyl adjacent to an activating group) is 1. The molecule has 0 fully saturated rings. The van der Waals surface area contributed by atoms with Crippen molar-refractivity contribution in [1.29, 1.82) is 0 Å². The van der Waals surface area contributed by atoms with Crippen LogP contribution in [-0.2, 0) is 16.1 Å². The summed E-state index contributed by atoms with van der Waals surface area (Å²) in [5.74, 6) is 0.478. The summed E-state index contributed by atoms with van der Waals surface area (Å²) in [6.07, 6.45) is 0. The summed E-state index contributed by atoms with van der Waals surface area (Å²) < 4.78 is 5.35. The van der Waals surface area contributed by atoms with Crippen LogP contribution in [0.1, 0.15) is 31.9 Å². The monoisotopic (exact) mass is 306 g/mol. The zero-order chi connectivity index (χ0) is 16.9. The fourth-order valence-electron chi connectivity index (χ4n) is 2.33. The van der Waals surface area contributed by atoms with Gasteiger partial charge in [-0.15, -0.1) is 0 Å². The summed E-state index contributed by atoms with van der Waals surface area (Å²) in [5.41, 5.74) is 2.06. The van der Waals surface area contributed by atoms with Crippen LogP contribution < -0.4 is 10.1 Å². The first-order chi connectivity index (χ1) is 10.3. The van der Waals surface area contributed by atoms with Gasteiger partial charge in [0, 0.05) is 26.1 Å². The molecule has 1 aromatic rings. The highest BCUT2D eigenvalue weighted by molar-refractivity contribution is 5.87. The van der Waals surface area contributed by atoms with Gasteiger partial charge in [-0.1, -0.05) is 31.5 Å². The van der Waals surface area contributed by atoms with Crippen LogP contribution in [0.15, 0.2) is 18.2 Å². The van der Waals surface area contributed by atoms with E-state index >= 15 is 0 Å². The van der Waals surface area contributed by atoms with Crippen molar-refractivity contribution in [2.45, 2.75) is 40.3 Å². The molecule has 1 rings (SSSR count). The first-order valence-electron chi connectivity index (χ1n) is 7.41. The molecule has 0 radical (unpaired) electrons. The Hall–Kier alpha value is -2.04. The van der Waals surface area contributed by atoms with Crippen molar-refractivity contribution in [3.8, 4) is 5.75 Å².